The number of nitrogen functional groups attached to an aromatic ring is 1. The molecule has 2 heterocycles. The minimum absolute atomic E-state index is 0.101. The maximum Gasteiger partial charge on any atom is 0.332 e. The molecule has 176 valence electrons. The molecule has 1 aliphatic heterocycles. The van der Waals surface area contributed by atoms with E-state index in [4.69, 9.17) is 5.73 Å². The molecule has 34 heavy (non-hydrogen) atoms. The molecule has 9 nitrogen and oxygen atoms in total. The van der Waals surface area contributed by atoms with Gasteiger partial charge in [0, 0.05) is 30.9 Å². The van der Waals surface area contributed by atoms with Gasteiger partial charge in [-0.3, -0.25) is 23.5 Å². The van der Waals surface area contributed by atoms with Gasteiger partial charge in [-0.1, -0.05) is 30.3 Å². The van der Waals surface area contributed by atoms with Crippen molar-refractivity contribution < 1.29 is 9.59 Å². The average Bonchev–Trinajstić information content (AvgIpc) is 3.27. The smallest absolute Gasteiger partial charge is 0.332 e. The van der Waals surface area contributed by atoms with Crippen molar-refractivity contribution >= 4 is 28.9 Å². The van der Waals surface area contributed by atoms with Crippen molar-refractivity contribution in [2.45, 2.75) is 32.9 Å². The summed E-state index contributed by atoms with van der Waals surface area (Å²) in [6.07, 6.45) is 1.40. The van der Waals surface area contributed by atoms with Gasteiger partial charge in [0.15, 0.2) is 5.78 Å². The highest BCUT2D eigenvalue weighted by Crippen LogP contribution is 2.23. The lowest BCUT2D eigenvalue weighted by Crippen LogP contribution is -2.44. The van der Waals surface area contributed by atoms with Crippen LogP contribution in [0, 0.1) is 0 Å². The molecule has 2 aromatic carbocycles. The molecule has 0 saturated carbocycles. The second-order valence-electron chi connectivity index (χ2n) is 8.14. The fraction of sp³-hybridized carbons (Fsp3) is 0.280. The fourth-order valence-electron chi connectivity index (χ4n) is 4.13. The van der Waals surface area contributed by atoms with Crippen molar-refractivity contribution in [1.29, 1.82) is 0 Å². The zero-order chi connectivity index (χ0) is 24.2. The molecule has 3 aromatic rings. The Balaban J connectivity index is 1.56. The SMILES string of the molecule is CCn1c(=O)c(C(=O)CNc2ccc(N3CCCC3=O)cc2)c(N)n(Cc2ccccc2)c1=O. The van der Waals surface area contributed by atoms with Crippen molar-refractivity contribution in [3.63, 3.8) is 0 Å². The molecule has 1 aromatic heterocycles. The van der Waals surface area contributed by atoms with Crippen LogP contribution in [0.1, 0.15) is 35.7 Å². The Morgan fingerprint density at radius 2 is 1.71 bits per heavy atom. The summed E-state index contributed by atoms with van der Waals surface area (Å²) in [6.45, 7) is 2.47. The third kappa shape index (κ3) is 4.50. The highest BCUT2D eigenvalue weighted by atomic mass is 16.2. The van der Waals surface area contributed by atoms with E-state index < -0.39 is 17.0 Å². The van der Waals surface area contributed by atoms with Gasteiger partial charge in [-0.25, -0.2) is 4.79 Å². The van der Waals surface area contributed by atoms with Crippen LogP contribution >= 0.6 is 0 Å². The predicted molar refractivity (Wildman–Crippen MR) is 131 cm³/mol. The van der Waals surface area contributed by atoms with Gasteiger partial charge >= 0.3 is 5.69 Å². The molecule has 1 aliphatic rings. The van der Waals surface area contributed by atoms with Crippen molar-refractivity contribution in [2.24, 2.45) is 0 Å². The highest BCUT2D eigenvalue weighted by Gasteiger charge is 2.23. The number of rotatable bonds is 8. The van der Waals surface area contributed by atoms with Gasteiger partial charge in [0.2, 0.25) is 5.91 Å². The van der Waals surface area contributed by atoms with Crippen LogP contribution in [0.3, 0.4) is 0 Å². The normalized spacial score (nSPS) is 13.3. The van der Waals surface area contributed by atoms with Crippen LogP contribution in [0.5, 0.6) is 0 Å². The molecule has 0 radical (unpaired) electrons. The number of Topliss-reactive ketones (excluding diaryl/α,β-unsaturated/α-hetero) is 1. The molecule has 1 amide bonds. The Morgan fingerprint density at radius 1 is 1.00 bits per heavy atom. The molecular weight excluding hydrogens is 434 g/mol. The van der Waals surface area contributed by atoms with E-state index in [1.807, 2.05) is 42.5 Å². The fourth-order valence-corrected chi connectivity index (χ4v) is 4.13. The molecule has 3 N–H and O–H groups in total. The van der Waals surface area contributed by atoms with E-state index in [-0.39, 0.29) is 36.9 Å². The largest absolute Gasteiger partial charge is 0.384 e. The summed E-state index contributed by atoms with van der Waals surface area (Å²) in [7, 11) is 0. The minimum atomic E-state index is -0.691. The second kappa shape index (κ2) is 9.78. The van der Waals surface area contributed by atoms with Crippen LogP contribution in [-0.2, 0) is 17.9 Å². The number of nitrogens with one attached hydrogen (secondary N) is 1. The molecule has 0 spiro atoms. The lowest BCUT2D eigenvalue weighted by Gasteiger charge is -2.17. The van der Waals surface area contributed by atoms with Crippen molar-refractivity contribution in [3.05, 3.63) is 86.6 Å². The van der Waals surface area contributed by atoms with E-state index in [1.54, 1.807) is 24.0 Å². The number of ketones is 1. The van der Waals surface area contributed by atoms with E-state index in [1.165, 1.54) is 4.57 Å². The monoisotopic (exact) mass is 461 g/mol. The molecule has 9 heteroatoms. The molecule has 0 aliphatic carbocycles. The molecule has 0 atom stereocenters. The van der Waals surface area contributed by atoms with Crippen molar-refractivity contribution in [1.82, 2.24) is 9.13 Å². The first-order chi connectivity index (χ1) is 16.4. The number of benzene rings is 2. The summed E-state index contributed by atoms with van der Waals surface area (Å²) in [5.74, 6) is -0.548. The Morgan fingerprint density at radius 3 is 2.32 bits per heavy atom. The molecule has 1 saturated heterocycles. The molecule has 4 rings (SSSR count). The van der Waals surface area contributed by atoms with E-state index in [2.05, 4.69) is 5.32 Å². The highest BCUT2D eigenvalue weighted by molar-refractivity contribution is 6.02. The lowest BCUT2D eigenvalue weighted by molar-refractivity contribution is -0.117. The first-order valence-electron chi connectivity index (χ1n) is 11.2. The van der Waals surface area contributed by atoms with E-state index in [0.29, 0.717) is 18.7 Å². The van der Waals surface area contributed by atoms with Crippen LogP contribution in [0.25, 0.3) is 0 Å². The van der Waals surface area contributed by atoms with Gasteiger partial charge in [0.1, 0.15) is 11.4 Å². The maximum absolute atomic E-state index is 13.0. The van der Waals surface area contributed by atoms with Gasteiger partial charge in [-0.05, 0) is 43.2 Å². The zero-order valence-electron chi connectivity index (χ0n) is 19.0. The van der Waals surface area contributed by atoms with Gasteiger partial charge in [-0.2, -0.15) is 0 Å². The van der Waals surface area contributed by atoms with Crippen molar-refractivity contribution in [2.75, 3.05) is 29.0 Å². The molecular formula is C25H27N5O4. The number of hydrogen-bond donors (Lipinski definition) is 2. The lowest BCUT2D eigenvalue weighted by atomic mass is 10.1. The molecule has 1 fully saturated rings. The van der Waals surface area contributed by atoms with Gasteiger partial charge in [-0.15, -0.1) is 0 Å². The van der Waals surface area contributed by atoms with Gasteiger partial charge in [0.05, 0.1) is 13.1 Å². The summed E-state index contributed by atoms with van der Waals surface area (Å²) in [5, 5.41) is 3.00. The predicted octanol–water partition coefficient (Wildman–Crippen LogP) is 2.08. The number of carbonyl (C=O) groups excluding carboxylic acids is 2. The van der Waals surface area contributed by atoms with Crippen LogP contribution in [0.2, 0.25) is 0 Å². The van der Waals surface area contributed by atoms with Crippen LogP contribution < -0.4 is 27.2 Å². The summed E-state index contributed by atoms with van der Waals surface area (Å²) in [5.41, 5.74) is 7.04. The van der Waals surface area contributed by atoms with Crippen LogP contribution in [0.4, 0.5) is 17.2 Å². The topological polar surface area (TPSA) is 119 Å². The second-order valence-corrected chi connectivity index (χ2v) is 8.14. The Hall–Kier alpha value is -4.14. The number of carbonyl (C=O) groups is 2. The Kier molecular flexibility index (Phi) is 6.62. The van der Waals surface area contributed by atoms with Crippen LogP contribution in [-0.4, -0.2) is 33.9 Å². The maximum atomic E-state index is 13.0. The number of hydrogen-bond acceptors (Lipinski definition) is 6. The third-order valence-corrected chi connectivity index (χ3v) is 5.95. The quantitative estimate of drug-likeness (QED) is 0.496. The zero-order valence-corrected chi connectivity index (χ0v) is 19.0. The average molecular weight is 462 g/mol. The summed E-state index contributed by atoms with van der Waals surface area (Å²) in [6, 6.07) is 16.4. The number of nitrogens with two attached hydrogens (primary N) is 1. The summed E-state index contributed by atoms with van der Waals surface area (Å²) in [4.78, 5) is 52.4. The van der Waals surface area contributed by atoms with E-state index in [9.17, 15) is 19.2 Å². The third-order valence-electron chi connectivity index (χ3n) is 5.95. The number of aromatic nitrogens is 2. The van der Waals surface area contributed by atoms with Gasteiger partial charge in [0.25, 0.3) is 5.56 Å². The Labute approximate surface area is 196 Å². The van der Waals surface area contributed by atoms with Crippen LogP contribution in [0.15, 0.2) is 64.2 Å². The number of amides is 1. The first kappa shape index (κ1) is 23.0. The first-order valence-corrected chi connectivity index (χ1v) is 11.2. The summed E-state index contributed by atoms with van der Waals surface area (Å²) >= 11 is 0. The van der Waals surface area contributed by atoms with Gasteiger partial charge < -0.3 is 16.0 Å². The summed E-state index contributed by atoms with van der Waals surface area (Å²) < 4.78 is 2.28. The van der Waals surface area contributed by atoms with Crippen molar-refractivity contribution in [3.8, 4) is 0 Å². The standard InChI is InChI=1S/C25H27N5O4/c1-2-28-24(33)22(23(26)30(25(28)34)16-17-7-4-3-5-8-17)20(31)15-27-18-10-12-19(13-11-18)29-14-6-9-21(29)32/h3-5,7-8,10-13,27H,2,6,9,14-16,26H2,1H3. The molecule has 0 unspecified atom stereocenters. The minimum Gasteiger partial charge on any atom is -0.384 e. The number of nitrogens with zero attached hydrogens (tertiary/aromatic N) is 3. The Bertz CT molecular complexity index is 1330. The van der Waals surface area contributed by atoms with E-state index >= 15 is 0 Å². The molecule has 0 bridgehead atoms. The number of anilines is 3. The van der Waals surface area contributed by atoms with E-state index in [0.717, 1.165) is 22.2 Å².